The fourth-order valence-corrected chi connectivity index (χ4v) is 10.2. The van der Waals surface area contributed by atoms with Crippen molar-refractivity contribution in [3.8, 4) is 5.75 Å². The summed E-state index contributed by atoms with van der Waals surface area (Å²) < 4.78 is 250. The Balaban J connectivity index is 3.12. The third-order valence-electron chi connectivity index (χ3n) is 9.44. The minimum absolute atomic E-state index is 0.0435. The lowest BCUT2D eigenvalue weighted by atomic mass is 9.88. The maximum absolute atomic E-state index is 14.9. The van der Waals surface area contributed by atoms with Gasteiger partial charge in [0.15, 0.2) is 8.32 Å². The lowest BCUT2D eigenvalue weighted by Crippen LogP contribution is -2.74. The molecule has 0 amide bonds. The van der Waals surface area contributed by atoms with E-state index in [0.29, 0.717) is 18.4 Å². The van der Waals surface area contributed by atoms with E-state index < -0.39 is 98.2 Å². The molecule has 1 aromatic rings. The van der Waals surface area contributed by atoms with Crippen LogP contribution in [0, 0.1) is 5.92 Å². The predicted molar refractivity (Wildman–Crippen MR) is 178 cm³/mol. The van der Waals surface area contributed by atoms with Crippen LogP contribution in [0.25, 0.3) is 0 Å². The molecule has 0 aromatic heterocycles. The number of ether oxygens (including phenoxy) is 2. The SMILES string of the molecule is C=CCOC(=O)/C=C/CC[C@H](C)[C@H](O)c1ccc(OCCO[Si](CCC(F)(F)C(F)(F)C(F)(F)C(F)(F)C(F)(F)C(F)(F)C(F)(F)C(F)(F)F)(C(C)C)C(C)C)cc1. The molecular formula is C35H43F17O5Si. The Bertz CT molecular complexity index is 1500. The normalized spacial score (nSPS) is 15.6. The number of carbonyl (C=O) groups excluding carboxylic acids is 1. The lowest BCUT2D eigenvalue weighted by molar-refractivity contribution is -0.461. The van der Waals surface area contributed by atoms with Crippen molar-refractivity contribution in [1.29, 1.82) is 0 Å². The van der Waals surface area contributed by atoms with Crippen LogP contribution in [0.4, 0.5) is 74.6 Å². The van der Waals surface area contributed by atoms with Crippen molar-refractivity contribution in [2.24, 2.45) is 5.92 Å². The number of hydrogen-bond acceptors (Lipinski definition) is 5. The van der Waals surface area contributed by atoms with Crippen LogP contribution in [0.5, 0.6) is 5.75 Å². The Morgan fingerprint density at radius 1 is 0.724 bits per heavy atom. The number of rotatable bonds is 24. The highest BCUT2D eigenvalue weighted by Crippen LogP contribution is 2.64. The molecule has 0 aliphatic heterocycles. The first-order valence-electron chi connectivity index (χ1n) is 17.3. The summed E-state index contributed by atoms with van der Waals surface area (Å²) in [5, 5.41) is 10.7. The summed E-state index contributed by atoms with van der Waals surface area (Å²) in [4.78, 5) is 11.5. The molecule has 0 fully saturated rings. The number of benzene rings is 1. The van der Waals surface area contributed by atoms with Crippen LogP contribution in [-0.2, 0) is 14.0 Å². The first kappa shape index (κ1) is 52.9. The van der Waals surface area contributed by atoms with E-state index in [9.17, 15) is 84.5 Å². The number of aliphatic hydroxyl groups excluding tert-OH is 1. The average Bonchev–Trinajstić information content (AvgIpc) is 3.10. The van der Waals surface area contributed by atoms with Crippen molar-refractivity contribution in [2.75, 3.05) is 19.8 Å². The molecule has 0 aliphatic carbocycles. The van der Waals surface area contributed by atoms with Crippen molar-refractivity contribution in [3.05, 3.63) is 54.6 Å². The smallest absolute Gasteiger partial charge is 0.460 e. The van der Waals surface area contributed by atoms with Crippen LogP contribution >= 0.6 is 0 Å². The second kappa shape index (κ2) is 19.1. The third kappa shape index (κ3) is 10.6. The number of esters is 1. The molecule has 1 N–H and O–H groups in total. The van der Waals surface area contributed by atoms with Crippen LogP contribution in [0.3, 0.4) is 0 Å². The number of hydrogen-bond donors (Lipinski definition) is 1. The Kier molecular flexibility index (Phi) is 17.4. The molecule has 0 unspecified atom stereocenters. The molecule has 2 atom stereocenters. The molecule has 0 saturated heterocycles. The van der Waals surface area contributed by atoms with Gasteiger partial charge in [-0.15, -0.1) is 0 Å². The molecule has 1 aromatic carbocycles. The molecule has 0 heterocycles. The monoisotopic (exact) mass is 894 g/mol. The fourth-order valence-electron chi connectivity index (χ4n) is 5.72. The molecule has 1 rings (SSSR count). The first-order valence-corrected chi connectivity index (χ1v) is 19.5. The van der Waals surface area contributed by atoms with Crippen LogP contribution in [0.15, 0.2) is 49.1 Å². The zero-order chi connectivity index (χ0) is 45.6. The predicted octanol–water partition coefficient (Wildman–Crippen LogP) is 12.0. The maximum Gasteiger partial charge on any atom is 0.460 e. The summed E-state index contributed by atoms with van der Waals surface area (Å²) in [6.45, 7) is 9.68. The van der Waals surface area contributed by atoms with Gasteiger partial charge < -0.3 is 19.0 Å². The number of halogens is 17. The van der Waals surface area contributed by atoms with Gasteiger partial charge >= 0.3 is 53.6 Å². The molecule has 23 heteroatoms. The van der Waals surface area contributed by atoms with Gasteiger partial charge in [0.25, 0.3) is 0 Å². The van der Waals surface area contributed by atoms with Gasteiger partial charge in [0.2, 0.25) is 0 Å². The molecule has 0 saturated carbocycles. The van der Waals surface area contributed by atoms with Crippen LogP contribution in [0.2, 0.25) is 17.1 Å². The summed E-state index contributed by atoms with van der Waals surface area (Å²) in [6.07, 6.45) is -6.20. The van der Waals surface area contributed by atoms with Gasteiger partial charge in [-0.1, -0.05) is 65.5 Å². The number of carbonyl (C=O) groups is 1. The van der Waals surface area contributed by atoms with E-state index in [-0.39, 0.29) is 24.9 Å². The van der Waals surface area contributed by atoms with E-state index >= 15 is 0 Å². The van der Waals surface area contributed by atoms with Crippen molar-refractivity contribution in [3.63, 3.8) is 0 Å². The molecular weight excluding hydrogens is 851 g/mol. The summed E-state index contributed by atoms with van der Waals surface area (Å²) in [6, 6.07) is 4.56. The van der Waals surface area contributed by atoms with E-state index in [0.717, 1.165) is 0 Å². The van der Waals surface area contributed by atoms with Gasteiger partial charge in [-0.3, -0.25) is 0 Å². The van der Waals surface area contributed by atoms with Crippen molar-refractivity contribution >= 4 is 14.3 Å². The summed E-state index contributed by atoms with van der Waals surface area (Å²) in [5.41, 5.74) is -1.24. The zero-order valence-corrected chi connectivity index (χ0v) is 32.5. The van der Waals surface area contributed by atoms with Gasteiger partial charge in [-0.2, -0.15) is 74.6 Å². The minimum Gasteiger partial charge on any atom is -0.491 e. The van der Waals surface area contributed by atoms with Crippen molar-refractivity contribution in [1.82, 2.24) is 0 Å². The Hall–Kier alpha value is -3.08. The molecule has 0 aliphatic rings. The van der Waals surface area contributed by atoms with Gasteiger partial charge in [-0.25, -0.2) is 4.79 Å². The fraction of sp³-hybridized carbons (Fsp3) is 0.686. The molecule has 336 valence electrons. The Morgan fingerprint density at radius 2 is 1.19 bits per heavy atom. The van der Waals surface area contributed by atoms with Crippen LogP contribution in [-0.4, -0.2) is 86.8 Å². The van der Waals surface area contributed by atoms with Gasteiger partial charge in [0.1, 0.15) is 19.0 Å². The average molecular weight is 895 g/mol. The van der Waals surface area contributed by atoms with Crippen molar-refractivity contribution in [2.45, 2.75) is 125 Å². The van der Waals surface area contributed by atoms with Crippen LogP contribution < -0.4 is 4.74 Å². The Labute approximate surface area is 323 Å². The highest BCUT2D eigenvalue weighted by Gasteiger charge is 2.95. The van der Waals surface area contributed by atoms with Gasteiger partial charge in [0.05, 0.1) is 12.7 Å². The minimum atomic E-state index is -8.68. The highest BCUT2D eigenvalue weighted by atomic mass is 28.4. The van der Waals surface area contributed by atoms with E-state index in [4.69, 9.17) is 13.9 Å². The molecule has 0 radical (unpaired) electrons. The molecule has 0 bridgehead atoms. The number of alkyl halides is 17. The van der Waals surface area contributed by atoms with E-state index in [1.807, 2.05) is 0 Å². The van der Waals surface area contributed by atoms with E-state index in [1.165, 1.54) is 64.1 Å². The largest absolute Gasteiger partial charge is 0.491 e. The second-order valence-corrected chi connectivity index (χ2v) is 19.0. The van der Waals surface area contributed by atoms with Gasteiger partial charge in [-0.05, 0) is 53.6 Å². The quantitative estimate of drug-likeness (QED) is 0.0280. The third-order valence-corrected chi connectivity index (χ3v) is 15.1. The first-order chi connectivity index (χ1) is 26.1. The summed E-state index contributed by atoms with van der Waals surface area (Å²) in [5.74, 6) is -57.3. The standard InChI is InChI=1S/C35H43F17O5Si/c1-7-17-56-26(53)11-9-8-10-23(6)27(54)24-12-14-25(15-13-24)55-18-19-57-58(21(2)3,22(4)5)20-16-28(36,37)29(38,39)30(40,41)31(42,43)32(44,45)33(46,47)34(48,49)35(50,51)52/h7,9,11-15,21-23,27,54H,1,8,10,16-20H2,2-6H3/b11-9+/t23-,27-/m0/s1. The number of allylic oxidation sites excluding steroid dienone is 1. The highest BCUT2D eigenvalue weighted by molar-refractivity contribution is 6.76. The lowest BCUT2D eigenvalue weighted by Gasteiger charge is -2.44. The molecule has 0 spiro atoms. The maximum atomic E-state index is 14.9. The molecule has 58 heavy (non-hydrogen) atoms. The van der Waals surface area contributed by atoms with Crippen molar-refractivity contribution < 1.29 is 98.4 Å². The van der Waals surface area contributed by atoms with E-state index in [1.54, 1.807) is 13.0 Å². The molecule has 5 nitrogen and oxygen atoms in total. The number of aliphatic hydroxyl groups is 1. The second-order valence-electron chi connectivity index (χ2n) is 14.0. The topological polar surface area (TPSA) is 65.0 Å². The van der Waals surface area contributed by atoms with Gasteiger partial charge in [0, 0.05) is 12.5 Å². The summed E-state index contributed by atoms with van der Waals surface area (Å²) >= 11 is 0. The van der Waals surface area contributed by atoms with E-state index in [2.05, 4.69) is 6.58 Å². The zero-order valence-electron chi connectivity index (χ0n) is 31.5. The Morgan fingerprint density at radius 3 is 1.64 bits per heavy atom. The summed E-state index contributed by atoms with van der Waals surface area (Å²) in [7, 11) is -3.94. The van der Waals surface area contributed by atoms with Crippen LogP contribution in [0.1, 0.15) is 65.5 Å².